The van der Waals surface area contributed by atoms with Crippen molar-refractivity contribution in [3.63, 3.8) is 0 Å². The lowest BCUT2D eigenvalue weighted by molar-refractivity contribution is -0.146. The van der Waals surface area contributed by atoms with E-state index in [-0.39, 0.29) is 5.16 Å². The van der Waals surface area contributed by atoms with Crippen LogP contribution in [0.25, 0.3) is 0 Å². The number of hydrogen-bond acceptors (Lipinski definition) is 4. The van der Waals surface area contributed by atoms with E-state index >= 15 is 0 Å². The van der Waals surface area contributed by atoms with Gasteiger partial charge in [-0.05, 0) is 17.7 Å². The maximum Gasteiger partial charge on any atom is 0.453 e. The predicted molar refractivity (Wildman–Crippen MR) is 66.2 cm³/mol. The third kappa shape index (κ3) is 3.32. The van der Waals surface area contributed by atoms with Gasteiger partial charge in [-0.25, -0.2) is 4.68 Å². The second-order valence-electron chi connectivity index (χ2n) is 3.59. The fourth-order valence-corrected chi connectivity index (χ4v) is 2.24. The Balaban J connectivity index is 2.08. The fraction of sp³-hybridized carbons (Fsp3) is 0.200. The monoisotopic (exact) mass is 308 g/mol. The van der Waals surface area contributed by atoms with Gasteiger partial charge in [0.2, 0.25) is 5.16 Å². The molecule has 0 saturated carbocycles. The minimum Gasteiger partial charge on any atom is -0.335 e. The number of nitrogens with two attached hydrogens (primary N) is 1. The van der Waals surface area contributed by atoms with Crippen molar-refractivity contribution < 1.29 is 13.2 Å². The number of nitrogen functional groups attached to an aromatic ring is 1. The van der Waals surface area contributed by atoms with Crippen molar-refractivity contribution in [2.75, 3.05) is 5.84 Å². The smallest absolute Gasteiger partial charge is 0.335 e. The molecule has 0 unspecified atom stereocenters. The zero-order valence-corrected chi connectivity index (χ0v) is 10.9. The van der Waals surface area contributed by atoms with E-state index in [0.717, 1.165) is 17.3 Å². The lowest BCUT2D eigenvalue weighted by Gasteiger charge is -2.06. The van der Waals surface area contributed by atoms with Crippen molar-refractivity contribution >= 4 is 23.4 Å². The van der Waals surface area contributed by atoms with Crippen LogP contribution in [0.1, 0.15) is 11.4 Å². The van der Waals surface area contributed by atoms with Gasteiger partial charge in [-0.1, -0.05) is 35.5 Å². The van der Waals surface area contributed by atoms with E-state index in [1.165, 1.54) is 0 Å². The summed E-state index contributed by atoms with van der Waals surface area (Å²) < 4.78 is 37.8. The maximum atomic E-state index is 12.4. The first-order valence-electron chi connectivity index (χ1n) is 5.03. The van der Waals surface area contributed by atoms with Gasteiger partial charge < -0.3 is 5.84 Å². The van der Waals surface area contributed by atoms with Gasteiger partial charge in [0.1, 0.15) is 0 Å². The Labute approximate surface area is 115 Å². The van der Waals surface area contributed by atoms with Gasteiger partial charge in [0.25, 0.3) is 5.82 Å². The van der Waals surface area contributed by atoms with Crippen LogP contribution in [0.3, 0.4) is 0 Å². The fourth-order valence-electron chi connectivity index (χ4n) is 1.30. The van der Waals surface area contributed by atoms with Crippen LogP contribution in [-0.4, -0.2) is 14.9 Å². The Kier molecular flexibility index (Phi) is 3.91. The summed E-state index contributed by atoms with van der Waals surface area (Å²) in [7, 11) is 0. The van der Waals surface area contributed by atoms with Crippen LogP contribution in [0, 0.1) is 0 Å². The third-order valence-corrected chi connectivity index (χ3v) is 3.47. The quantitative estimate of drug-likeness (QED) is 0.699. The van der Waals surface area contributed by atoms with E-state index in [2.05, 4.69) is 10.2 Å². The average Bonchev–Trinajstić information content (AvgIpc) is 2.70. The summed E-state index contributed by atoms with van der Waals surface area (Å²) >= 11 is 6.79. The minimum absolute atomic E-state index is 0.00211. The number of aromatic nitrogens is 3. The molecule has 0 atom stereocenters. The highest BCUT2D eigenvalue weighted by atomic mass is 35.5. The first-order chi connectivity index (χ1) is 8.88. The van der Waals surface area contributed by atoms with Crippen molar-refractivity contribution in [3.8, 4) is 0 Å². The summed E-state index contributed by atoms with van der Waals surface area (Å²) in [5.74, 6) is 4.51. The van der Waals surface area contributed by atoms with Gasteiger partial charge in [-0.15, -0.1) is 10.2 Å². The third-order valence-electron chi connectivity index (χ3n) is 2.20. The predicted octanol–water partition coefficient (Wildman–Crippen LogP) is 2.96. The number of halogens is 4. The molecule has 2 aromatic rings. The van der Waals surface area contributed by atoms with Gasteiger partial charge in [-0.2, -0.15) is 13.2 Å². The van der Waals surface area contributed by atoms with Gasteiger partial charge in [0.15, 0.2) is 0 Å². The molecular formula is C10H8ClF3N4S. The standard InChI is InChI=1S/C10H8ClF3N4S/c11-7-3-1-6(2-4-7)5-19-9-17-16-8(18(9)15)10(12,13)14/h1-4H,5,15H2. The maximum absolute atomic E-state index is 12.4. The normalized spacial score (nSPS) is 11.8. The topological polar surface area (TPSA) is 56.7 Å². The summed E-state index contributed by atoms with van der Waals surface area (Å²) in [5.41, 5.74) is 0.894. The molecule has 2 N–H and O–H groups in total. The summed E-state index contributed by atoms with van der Waals surface area (Å²) in [5, 5.41) is 7.05. The first-order valence-corrected chi connectivity index (χ1v) is 6.39. The summed E-state index contributed by atoms with van der Waals surface area (Å²) in [6.45, 7) is 0. The van der Waals surface area contributed by atoms with Gasteiger partial charge in [-0.3, -0.25) is 0 Å². The van der Waals surface area contributed by atoms with Crippen molar-refractivity contribution in [1.29, 1.82) is 0 Å². The second-order valence-corrected chi connectivity index (χ2v) is 4.97. The van der Waals surface area contributed by atoms with Gasteiger partial charge >= 0.3 is 6.18 Å². The Hall–Kier alpha value is -1.41. The molecule has 0 saturated heterocycles. The molecule has 0 amide bonds. The van der Waals surface area contributed by atoms with E-state index in [4.69, 9.17) is 17.4 Å². The number of nitrogens with zero attached hydrogens (tertiary/aromatic N) is 3. The number of hydrogen-bond donors (Lipinski definition) is 1. The molecule has 9 heteroatoms. The van der Waals surface area contributed by atoms with Crippen LogP contribution in [0.2, 0.25) is 5.02 Å². The largest absolute Gasteiger partial charge is 0.453 e. The number of thioether (sulfide) groups is 1. The highest BCUT2D eigenvalue weighted by Crippen LogP contribution is 2.29. The molecule has 19 heavy (non-hydrogen) atoms. The van der Waals surface area contributed by atoms with Crippen molar-refractivity contribution in [2.45, 2.75) is 17.1 Å². The van der Waals surface area contributed by atoms with Crippen LogP contribution < -0.4 is 5.84 Å². The summed E-state index contributed by atoms with van der Waals surface area (Å²) in [4.78, 5) is 0. The lowest BCUT2D eigenvalue weighted by atomic mass is 10.2. The van der Waals surface area contributed by atoms with Crippen molar-refractivity contribution in [1.82, 2.24) is 14.9 Å². The van der Waals surface area contributed by atoms with E-state index in [1.54, 1.807) is 24.3 Å². The van der Waals surface area contributed by atoms with E-state index in [0.29, 0.717) is 15.5 Å². The van der Waals surface area contributed by atoms with Gasteiger partial charge in [0, 0.05) is 10.8 Å². The van der Waals surface area contributed by atoms with Crippen LogP contribution >= 0.6 is 23.4 Å². The number of alkyl halides is 3. The molecule has 1 aromatic carbocycles. The molecule has 0 aliphatic rings. The summed E-state index contributed by atoms with van der Waals surface area (Å²) in [6.07, 6.45) is -4.61. The van der Waals surface area contributed by atoms with Crippen LogP contribution in [0.15, 0.2) is 29.4 Å². The van der Waals surface area contributed by atoms with E-state index in [9.17, 15) is 13.2 Å². The average molecular weight is 309 g/mol. The highest BCUT2D eigenvalue weighted by Gasteiger charge is 2.38. The minimum atomic E-state index is -4.61. The second kappa shape index (κ2) is 5.30. The Morgan fingerprint density at radius 2 is 1.84 bits per heavy atom. The SMILES string of the molecule is Nn1c(SCc2ccc(Cl)cc2)nnc1C(F)(F)F. The Bertz CT molecular complexity index is 567. The molecule has 2 rings (SSSR count). The molecule has 0 aliphatic carbocycles. The van der Waals surface area contributed by atoms with E-state index < -0.39 is 12.0 Å². The molecule has 1 heterocycles. The van der Waals surface area contributed by atoms with Crippen LogP contribution in [-0.2, 0) is 11.9 Å². The molecular weight excluding hydrogens is 301 g/mol. The van der Waals surface area contributed by atoms with Crippen LogP contribution in [0.5, 0.6) is 0 Å². The van der Waals surface area contributed by atoms with E-state index in [1.807, 2.05) is 0 Å². The van der Waals surface area contributed by atoms with Gasteiger partial charge in [0.05, 0.1) is 0 Å². The Morgan fingerprint density at radius 3 is 2.37 bits per heavy atom. The molecule has 0 spiro atoms. The van der Waals surface area contributed by atoms with Crippen molar-refractivity contribution in [2.24, 2.45) is 0 Å². The molecule has 0 radical (unpaired) electrons. The molecule has 1 aromatic heterocycles. The Morgan fingerprint density at radius 1 is 1.21 bits per heavy atom. The highest BCUT2D eigenvalue weighted by molar-refractivity contribution is 7.98. The molecule has 0 fully saturated rings. The zero-order valence-electron chi connectivity index (χ0n) is 9.36. The molecule has 0 aliphatic heterocycles. The lowest BCUT2D eigenvalue weighted by Crippen LogP contribution is -2.21. The van der Waals surface area contributed by atoms with Crippen molar-refractivity contribution in [3.05, 3.63) is 40.7 Å². The first kappa shape index (κ1) is 14.0. The molecule has 0 bridgehead atoms. The molecule has 102 valence electrons. The number of benzene rings is 1. The summed E-state index contributed by atoms with van der Waals surface area (Å²) in [6, 6.07) is 6.95. The van der Waals surface area contributed by atoms with Crippen LogP contribution in [0.4, 0.5) is 13.2 Å². The molecule has 4 nitrogen and oxygen atoms in total. The zero-order chi connectivity index (χ0) is 14.0. The number of rotatable bonds is 3.